The summed E-state index contributed by atoms with van der Waals surface area (Å²) in [6.07, 6.45) is 2.27. The fourth-order valence-corrected chi connectivity index (χ4v) is 4.31. The molecular weight excluding hydrogens is 392 g/mol. The van der Waals surface area contributed by atoms with Crippen LogP contribution in [0.1, 0.15) is 37.8 Å². The highest BCUT2D eigenvalue weighted by atomic mass is 16.8. The second-order valence-electron chi connectivity index (χ2n) is 8.67. The zero-order valence-electron chi connectivity index (χ0n) is 18.4. The predicted octanol–water partition coefficient (Wildman–Crippen LogP) is 5.00. The van der Waals surface area contributed by atoms with Gasteiger partial charge in [0.1, 0.15) is 17.8 Å². The molecule has 0 N–H and O–H groups in total. The lowest BCUT2D eigenvalue weighted by Crippen LogP contribution is -2.50. The fourth-order valence-electron chi connectivity index (χ4n) is 4.31. The van der Waals surface area contributed by atoms with E-state index in [9.17, 15) is 0 Å². The minimum Gasteiger partial charge on any atom is -0.374 e. The molecule has 2 aliphatic rings. The molecule has 0 aliphatic carbocycles. The maximum Gasteiger partial charge on any atom is 0.190 e. The maximum absolute atomic E-state index is 6.50. The van der Waals surface area contributed by atoms with Gasteiger partial charge in [-0.25, -0.2) is 0 Å². The number of benzene rings is 2. The molecule has 31 heavy (non-hydrogen) atoms. The van der Waals surface area contributed by atoms with Crippen molar-refractivity contribution < 1.29 is 23.7 Å². The normalized spacial score (nSPS) is 29.0. The summed E-state index contributed by atoms with van der Waals surface area (Å²) in [5.41, 5.74) is 1.55. The van der Waals surface area contributed by atoms with Gasteiger partial charge in [0.25, 0.3) is 0 Å². The SMILES string of the molecule is C=CCC[C@]1(COCc2ccccc2)O[C@@H]2OC(C)(C)OC2[C@H]1OCc1ccccc1. The van der Waals surface area contributed by atoms with Gasteiger partial charge in [0.15, 0.2) is 12.1 Å². The Labute approximate surface area is 184 Å². The van der Waals surface area contributed by atoms with E-state index >= 15 is 0 Å². The molecule has 0 amide bonds. The molecule has 0 saturated carbocycles. The molecule has 5 heteroatoms. The van der Waals surface area contributed by atoms with Crippen LogP contribution in [0.25, 0.3) is 0 Å². The van der Waals surface area contributed by atoms with Gasteiger partial charge < -0.3 is 23.7 Å². The average molecular weight is 425 g/mol. The Kier molecular flexibility index (Phi) is 6.89. The number of hydrogen-bond donors (Lipinski definition) is 0. The average Bonchev–Trinajstić information content (AvgIpc) is 3.21. The smallest absolute Gasteiger partial charge is 0.190 e. The van der Waals surface area contributed by atoms with E-state index in [2.05, 4.69) is 30.8 Å². The Hall–Kier alpha value is -2.02. The van der Waals surface area contributed by atoms with Crippen molar-refractivity contribution in [3.05, 3.63) is 84.4 Å². The Morgan fingerprint density at radius 3 is 2.19 bits per heavy atom. The van der Waals surface area contributed by atoms with Crippen LogP contribution in [0.4, 0.5) is 0 Å². The van der Waals surface area contributed by atoms with Crippen molar-refractivity contribution in [3.63, 3.8) is 0 Å². The van der Waals surface area contributed by atoms with Crippen molar-refractivity contribution in [1.82, 2.24) is 0 Å². The van der Waals surface area contributed by atoms with Crippen molar-refractivity contribution in [2.75, 3.05) is 6.61 Å². The van der Waals surface area contributed by atoms with Gasteiger partial charge >= 0.3 is 0 Å². The van der Waals surface area contributed by atoms with Gasteiger partial charge in [-0.1, -0.05) is 66.7 Å². The third-order valence-corrected chi connectivity index (χ3v) is 5.76. The van der Waals surface area contributed by atoms with Crippen LogP contribution in [0.5, 0.6) is 0 Å². The molecule has 4 atom stereocenters. The van der Waals surface area contributed by atoms with Crippen LogP contribution >= 0.6 is 0 Å². The first-order chi connectivity index (χ1) is 15.0. The first-order valence-electron chi connectivity index (χ1n) is 10.9. The summed E-state index contributed by atoms with van der Waals surface area (Å²) in [6, 6.07) is 20.3. The van der Waals surface area contributed by atoms with Crippen LogP contribution < -0.4 is 0 Å². The van der Waals surface area contributed by atoms with Crippen LogP contribution in [-0.4, -0.2) is 36.5 Å². The third kappa shape index (κ3) is 5.25. The highest BCUT2D eigenvalue weighted by Gasteiger charge is 2.62. The van der Waals surface area contributed by atoms with Crippen LogP contribution in [0, 0.1) is 0 Å². The summed E-state index contributed by atoms with van der Waals surface area (Å²) < 4.78 is 31.4. The van der Waals surface area contributed by atoms with Gasteiger partial charge in [-0.15, -0.1) is 6.58 Å². The van der Waals surface area contributed by atoms with Gasteiger partial charge in [0, 0.05) is 0 Å². The Morgan fingerprint density at radius 2 is 1.55 bits per heavy atom. The van der Waals surface area contributed by atoms with E-state index in [4.69, 9.17) is 23.7 Å². The van der Waals surface area contributed by atoms with Crippen molar-refractivity contribution >= 4 is 0 Å². The lowest BCUT2D eigenvalue weighted by molar-refractivity contribution is -0.256. The lowest BCUT2D eigenvalue weighted by atomic mass is 9.90. The van der Waals surface area contributed by atoms with Gasteiger partial charge in [0.2, 0.25) is 0 Å². The molecule has 0 spiro atoms. The van der Waals surface area contributed by atoms with Gasteiger partial charge in [-0.05, 0) is 37.8 Å². The van der Waals surface area contributed by atoms with Crippen molar-refractivity contribution in [3.8, 4) is 0 Å². The van der Waals surface area contributed by atoms with Crippen molar-refractivity contribution in [2.24, 2.45) is 0 Å². The standard InChI is InChI=1S/C26H32O5/c1-4-5-16-26(19-27-17-20-12-8-6-9-13-20)23(28-18-21-14-10-7-11-15-21)22-24(31-26)30-25(2,3)29-22/h4,6-15,22-24H,1,5,16-19H2,2-3H3/t22?,23-,24+,26-/m1/s1. The second-order valence-corrected chi connectivity index (χ2v) is 8.67. The highest BCUT2D eigenvalue weighted by molar-refractivity contribution is 5.15. The molecule has 5 nitrogen and oxygen atoms in total. The molecule has 2 aromatic carbocycles. The van der Waals surface area contributed by atoms with E-state index in [0.717, 1.165) is 17.5 Å². The third-order valence-electron chi connectivity index (χ3n) is 5.76. The van der Waals surface area contributed by atoms with Gasteiger partial charge in [-0.3, -0.25) is 0 Å². The zero-order valence-corrected chi connectivity index (χ0v) is 18.4. The van der Waals surface area contributed by atoms with Gasteiger partial charge in [0.05, 0.1) is 19.8 Å². The van der Waals surface area contributed by atoms with E-state index in [-0.39, 0.29) is 12.2 Å². The summed E-state index contributed by atoms with van der Waals surface area (Å²) in [5, 5.41) is 0. The quantitative estimate of drug-likeness (QED) is 0.502. The molecule has 0 radical (unpaired) electrons. The summed E-state index contributed by atoms with van der Waals surface area (Å²) in [7, 11) is 0. The topological polar surface area (TPSA) is 46.2 Å². The Morgan fingerprint density at radius 1 is 0.903 bits per heavy atom. The monoisotopic (exact) mass is 424 g/mol. The Bertz CT molecular complexity index is 837. The number of ether oxygens (including phenoxy) is 5. The van der Waals surface area contributed by atoms with Crippen molar-refractivity contribution in [2.45, 2.75) is 69.8 Å². The van der Waals surface area contributed by atoms with E-state index in [1.54, 1.807) is 0 Å². The van der Waals surface area contributed by atoms with Crippen LogP contribution in [0.2, 0.25) is 0 Å². The summed E-state index contributed by atoms with van der Waals surface area (Å²) >= 11 is 0. The molecule has 2 aliphatic heterocycles. The van der Waals surface area contributed by atoms with Crippen LogP contribution in [0.3, 0.4) is 0 Å². The Balaban J connectivity index is 1.53. The lowest BCUT2D eigenvalue weighted by Gasteiger charge is -2.36. The van der Waals surface area contributed by atoms with Crippen LogP contribution in [-0.2, 0) is 36.9 Å². The second kappa shape index (κ2) is 9.63. The maximum atomic E-state index is 6.50. The predicted molar refractivity (Wildman–Crippen MR) is 118 cm³/mol. The fraction of sp³-hybridized carbons (Fsp3) is 0.462. The first kappa shape index (κ1) is 22.2. The molecule has 0 aromatic heterocycles. The molecule has 2 saturated heterocycles. The number of allylic oxidation sites excluding steroid dienone is 1. The summed E-state index contributed by atoms with van der Waals surface area (Å²) in [4.78, 5) is 0. The van der Waals surface area contributed by atoms with E-state index in [1.165, 1.54) is 0 Å². The van der Waals surface area contributed by atoms with Gasteiger partial charge in [-0.2, -0.15) is 0 Å². The number of hydrogen-bond acceptors (Lipinski definition) is 5. The molecular formula is C26H32O5. The summed E-state index contributed by atoms with van der Waals surface area (Å²) in [6.45, 7) is 9.06. The molecule has 0 bridgehead atoms. The van der Waals surface area contributed by atoms with E-state index in [0.29, 0.717) is 26.2 Å². The minimum atomic E-state index is -0.709. The first-order valence-corrected chi connectivity index (χ1v) is 10.9. The summed E-state index contributed by atoms with van der Waals surface area (Å²) in [5.74, 6) is -0.709. The molecule has 4 rings (SSSR count). The molecule has 166 valence electrons. The number of rotatable bonds is 10. The number of fused-ring (bicyclic) bond motifs is 1. The zero-order chi connectivity index (χ0) is 21.7. The molecule has 1 unspecified atom stereocenters. The van der Waals surface area contributed by atoms with E-state index in [1.807, 2.05) is 56.3 Å². The van der Waals surface area contributed by atoms with Crippen LogP contribution in [0.15, 0.2) is 73.3 Å². The van der Waals surface area contributed by atoms with Crippen molar-refractivity contribution in [1.29, 1.82) is 0 Å². The highest BCUT2D eigenvalue weighted by Crippen LogP contribution is 2.46. The molecule has 2 aromatic rings. The largest absolute Gasteiger partial charge is 0.374 e. The minimum absolute atomic E-state index is 0.316. The molecule has 2 fully saturated rings. The molecule has 2 heterocycles. The van der Waals surface area contributed by atoms with E-state index < -0.39 is 17.7 Å².